The number of rotatable bonds is 3. The Hall–Kier alpha value is -0.270. The number of aliphatic carboxylic acids is 1. The van der Waals surface area contributed by atoms with E-state index in [4.69, 9.17) is 5.11 Å². The maximum absolute atomic E-state index is 11.8. The number of hydrogen-bond acceptors (Lipinski definition) is 4. The third kappa shape index (κ3) is 1.64. The maximum Gasteiger partial charge on any atom is 0.322 e. The Labute approximate surface area is 86.5 Å². The summed E-state index contributed by atoms with van der Waals surface area (Å²) in [5.74, 6) is -0.392. The Morgan fingerprint density at radius 2 is 2.07 bits per heavy atom. The molecule has 0 amide bonds. The number of carboxylic acid groups (broad SMARTS) is 1. The summed E-state index contributed by atoms with van der Waals surface area (Å²) in [6.45, 7) is 0. The van der Waals surface area contributed by atoms with Crippen molar-refractivity contribution in [2.24, 2.45) is 0 Å². The van der Waals surface area contributed by atoms with Gasteiger partial charge in [-0.2, -0.15) is 4.31 Å². The average Bonchev–Trinajstić information content (AvgIpc) is 2.82. The van der Waals surface area contributed by atoms with Crippen molar-refractivity contribution in [3.63, 3.8) is 0 Å². The number of hydrogen-bond donors (Lipinski definition) is 1. The standard InChI is InChI=1S/C7H11NO4S2/c9-7(10)6-3-13-4-8(6)14(11,12)5-1-2-5/h5-6H,1-4H2,(H,9,10). The first kappa shape index (κ1) is 10.3. The minimum absolute atomic E-state index is 0.288. The number of thioether (sulfide) groups is 1. The Bertz CT molecular complexity index is 349. The van der Waals surface area contributed by atoms with Gasteiger partial charge in [0.05, 0.1) is 11.1 Å². The fourth-order valence-corrected chi connectivity index (χ4v) is 4.98. The van der Waals surface area contributed by atoms with Crippen LogP contribution in [0.4, 0.5) is 0 Å². The predicted octanol–water partition coefficient (Wildman–Crippen LogP) is -0.0619. The normalized spacial score (nSPS) is 29.3. The lowest BCUT2D eigenvalue weighted by Crippen LogP contribution is -2.43. The Balaban J connectivity index is 2.20. The van der Waals surface area contributed by atoms with Crippen LogP contribution < -0.4 is 0 Å². The molecule has 2 aliphatic rings. The van der Waals surface area contributed by atoms with Crippen LogP contribution in [0.1, 0.15) is 12.8 Å². The van der Waals surface area contributed by atoms with Gasteiger partial charge in [0.2, 0.25) is 10.0 Å². The van der Waals surface area contributed by atoms with Crippen molar-refractivity contribution in [1.82, 2.24) is 4.31 Å². The highest BCUT2D eigenvalue weighted by Gasteiger charge is 2.46. The molecule has 7 heteroatoms. The Morgan fingerprint density at radius 3 is 2.57 bits per heavy atom. The van der Waals surface area contributed by atoms with Crippen LogP contribution in [0.5, 0.6) is 0 Å². The van der Waals surface area contributed by atoms with Gasteiger partial charge >= 0.3 is 5.97 Å². The first-order valence-corrected chi connectivity index (χ1v) is 7.00. The zero-order valence-corrected chi connectivity index (χ0v) is 9.05. The minimum Gasteiger partial charge on any atom is -0.480 e. The summed E-state index contributed by atoms with van der Waals surface area (Å²) in [6.07, 6.45) is 1.35. The zero-order valence-electron chi connectivity index (χ0n) is 7.42. The lowest BCUT2D eigenvalue weighted by atomic mass is 10.4. The highest BCUT2D eigenvalue weighted by Crippen LogP contribution is 2.35. The smallest absolute Gasteiger partial charge is 0.322 e. The van der Waals surface area contributed by atoms with E-state index in [0.29, 0.717) is 18.6 Å². The summed E-state index contributed by atoms with van der Waals surface area (Å²) >= 11 is 1.36. The van der Waals surface area contributed by atoms with Gasteiger partial charge in [-0.1, -0.05) is 0 Å². The van der Waals surface area contributed by atoms with Gasteiger partial charge in [-0.05, 0) is 12.8 Å². The van der Waals surface area contributed by atoms with E-state index in [1.165, 1.54) is 11.8 Å². The largest absolute Gasteiger partial charge is 0.480 e. The second kappa shape index (κ2) is 3.39. The van der Waals surface area contributed by atoms with Crippen molar-refractivity contribution in [2.75, 3.05) is 11.6 Å². The van der Waals surface area contributed by atoms with E-state index in [9.17, 15) is 13.2 Å². The van der Waals surface area contributed by atoms with Gasteiger partial charge in [0.25, 0.3) is 0 Å². The quantitative estimate of drug-likeness (QED) is 0.744. The first-order chi connectivity index (χ1) is 6.53. The van der Waals surface area contributed by atoms with Gasteiger partial charge in [-0.15, -0.1) is 11.8 Å². The monoisotopic (exact) mass is 237 g/mol. The van der Waals surface area contributed by atoms with Crippen LogP contribution in [0, 0.1) is 0 Å². The van der Waals surface area contributed by atoms with E-state index in [-0.39, 0.29) is 11.1 Å². The number of sulfonamides is 1. The average molecular weight is 237 g/mol. The molecule has 1 saturated carbocycles. The predicted molar refractivity (Wildman–Crippen MR) is 52.5 cm³/mol. The molecule has 1 saturated heterocycles. The second-order valence-electron chi connectivity index (χ2n) is 3.49. The molecule has 0 bridgehead atoms. The SMILES string of the molecule is O=C(O)C1CSCN1S(=O)(=O)C1CC1. The third-order valence-corrected chi connectivity index (χ3v) is 5.93. The molecule has 0 radical (unpaired) electrons. The summed E-state index contributed by atoms with van der Waals surface area (Å²) in [4.78, 5) is 10.8. The van der Waals surface area contributed by atoms with Crippen LogP contribution in [-0.4, -0.2) is 46.7 Å². The summed E-state index contributed by atoms with van der Waals surface area (Å²) in [5, 5.41) is 8.51. The van der Waals surface area contributed by atoms with Gasteiger partial charge < -0.3 is 5.11 Å². The van der Waals surface area contributed by atoms with E-state index in [0.717, 1.165) is 4.31 Å². The van der Waals surface area contributed by atoms with Crippen molar-refractivity contribution >= 4 is 27.8 Å². The highest BCUT2D eigenvalue weighted by molar-refractivity contribution is 8.00. The lowest BCUT2D eigenvalue weighted by Gasteiger charge is -2.19. The van der Waals surface area contributed by atoms with Gasteiger partial charge in [0.1, 0.15) is 6.04 Å². The molecule has 14 heavy (non-hydrogen) atoms. The number of carbonyl (C=O) groups is 1. The fraction of sp³-hybridized carbons (Fsp3) is 0.857. The molecule has 1 heterocycles. The van der Waals surface area contributed by atoms with Gasteiger partial charge in [0, 0.05) is 5.75 Å². The van der Waals surface area contributed by atoms with Gasteiger partial charge in [-0.25, -0.2) is 8.42 Å². The first-order valence-electron chi connectivity index (χ1n) is 4.34. The molecule has 2 fully saturated rings. The van der Waals surface area contributed by atoms with Crippen molar-refractivity contribution in [3.8, 4) is 0 Å². The second-order valence-corrected chi connectivity index (χ2v) is 6.65. The van der Waals surface area contributed by atoms with Crippen molar-refractivity contribution in [3.05, 3.63) is 0 Å². The van der Waals surface area contributed by atoms with Crippen LogP contribution in [0.15, 0.2) is 0 Å². The van der Waals surface area contributed by atoms with Crippen LogP contribution in [0.25, 0.3) is 0 Å². The molecule has 80 valence electrons. The number of nitrogens with zero attached hydrogens (tertiary/aromatic N) is 1. The molecule has 0 aromatic rings. The molecule has 2 rings (SSSR count). The van der Waals surface area contributed by atoms with E-state index in [1.807, 2.05) is 0 Å². The highest BCUT2D eigenvalue weighted by atomic mass is 32.2. The van der Waals surface area contributed by atoms with E-state index in [2.05, 4.69) is 0 Å². The molecule has 0 aromatic carbocycles. The van der Waals surface area contributed by atoms with E-state index >= 15 is 0 Å². The van der Waals surface area contributed by atoms with Crippen LogP contribution >= 0.6 is 11.8 Å². The van der Waals surface area contributed by atoms with Gasteiger partial charge in [-0.3, -0.25) is 4.79 Å². The van der Waals surface area contributed by atoms with Crippen LogP contribution in [0.3, 0.4) is 0 Å². The molecule has 1 unspecified atom stereocenters. The summed E-state index contributed by atoms with van der Waals surface area (Å²) in [6, 6.07) is -0.856. The van der Waals surface area contributed by atoms with Crippen molar-refractivity contribution in [1.29, 1.82) is 0 Å². The number of carboxylic acids is 1. The molecular formula is C7H11NO4S2. The van der Waals surface area contributed by atoms with Gasteiger partial charge in [0.15, 0.2) is 0 Å². The Kier molecular flexibility index (Phi) is 2.48. The minimum atomic E-state index is -3.33. The van der Waals surface area contributed by atoms with Crippen molar-refractivity contribution in [2.45, 2.75) is 24.1 Å². The van der Waals surface area contributed by atoms with E-state index < -0.39 is 22.0 Å². The van der Waals surface area contributed by atoms with E-state index in [1.54, 1.807) is 0 Å². The molecular weight excluding hydrogens is 226 g/mol. The summed E-state index contributed by atoms with van der Waals surface area (Å²) in [7, 11) is -3.33. The fourth-order valence-electron chi connectivity index (χ4n) is 1.43. The topological polar surface area (TPSA) is 74.7 Å². The molecule has 0 spiro atoms. The van der Waals surface area contributed by atoms with Crippen LogP contribution in [-0.2, 0) is 14.8 Å². The molecule has 1 aliphatic carbocycles. The summed E-state index contributed by atoms with van der Waals surface area (Å²) < 4.78 is 24.7. The molecule has 1 aliphatic heterocycles. The molecule has 0 aromatic heterocycles. The van der Waals surface area contributed by atoms with Crippen molar-refractivity contribution < 1.29 is 18.3 Å². The lowest BCUT2D eigenvalue weighted by molar-refractivity contribution is -0.140. The third-order valence-electron chi connectivity index (χ3n) is 2.40. The molecule has 1 N–H and O–H groups in total. The zero-order chi connectivity index (χ0) is 10.3. The van der Waals surface area contributed by atoms with Crippen LogP contribution in [0.2, 0.25) is 0 Å². The molecule has 5 nitrogen and oxygen atoms in total. The maximum atomic E-state index is 11.8. The summed E-state index contributed by atoms with van der Waals surface area (Å²) in [5.41, 5.74) is 0. The molecule has 1 atom stereocenters. The Morgan fingerprint density at radius 1 is 1.43 bits per heavy atom.